The van der Waals surface area contributed by atoms with Gasteiger partial charge in [0.05, 0.1) is 5.75 Å². The number of sulfonamides is 1. The maximum Gasteiger partial charge on any atom is 0.256 e. The molecule has 1 amide bonds. The van der Waals surface area contributed by atoms with Gasteiger partial charge in [0.25, 0.3) is 5.91 Å². The topological polar surface area (TPSA) is 75.7 Å². The van der Waals surface area contributed by atoms with Crippen molar-refractivity contribution in [3.8, 4) is 0 Å². The molecule has 0 saturated carbocycles. The standard InChI is InChI=1S/C21H24N2O4S/c1-15-4-6-16(7-5-15)14-28(25,26)22-18-8-9-19-17(13-18)10-11-23(19)21(24)20-3-2-12-27-20/h4-9,13,20,22H,2-3,10-12,14H2,1H3. The van der Waals surface area contributed by atoms with Crippen LogP contribution in [0, 0.1) is 6.92 Å². The molecular formula is C21H24N2O4S. The lowest BCUT2D eigenvalue weighted by atomic mass is 10.1. The number of ether oxygens (including phenoxy) is 1. The lowest BCUT2D eigenvalue weighted by Gasteiger charge is -2.21. The zero-order valence-electron chi connectivity index (χ0n) is 15.8. The molecule has 0 aromatic heterocycles. The van der Waals surface area contributed by atoms with Crippen LogP contribution in [0.1, 0.15) is 29.5 Å². The Morgan fingerprint density at radius 1 is 1.21 bits per heavy atom. The van der Waals surface area contributed by atoms with E-state index in [0.717, 1.165) is 35.2 Å². The maximum atomic E-state index is 12.6. The summed E-state index contributed by atoms with van der Waals surface area (Å²) in [6.07, 6.45) is 2.04. The lowest BCUT2D eigenvalue weighted by molar-refractivity contribution is -0.127. The van der Waals surface area contributed by atoms with Crippen molar-refractivity contribution in [3.05, 3.63) is 59.2 Å². The van der Waals surface area contributed by atoms with Crippen molar-refractivity contribution in [2.75, 3.05) is 22.8 Å². The molecule has 4 rings (SSSR count). The quantitative estimate of drug-likeness (QED) is 0.837. The second kappa shape index (κ2) is 7.56. The summed E-state index contributed by atoms with van der Waals surface area (Å²) >= 11 is 0. The van der Waals surface area contributed by atoms with E-state index in [-0.39, 0.29) is 17.8 Å². The van der Waals surface area contributed by atoms with Gasteiger partial charge in [0, 0.05) is 24.5 Å². The van der Waals surface area contributed by atoms with Crippen molar-refractivity contribution in [2.24, 2.45) is 0 Å². The first-order valence-electron chi connectivity index (χ1n) is 9.53. The summed E-state index contributed by atoms with van der Waals surface area (Å²) < 4.78 is 33.2. The predicted molar refractivity (Wildman–Crippen MR) is 109 cm³/mol. The van der Waals surface area contributed by atoms with Crippen molar-refractivity contribution in [1.82, 2.24) is 0 Å². The van der Waals surface area contributed by atoms with Crippen LogP contribution in [0.2, 0.25) is 0 Å². The van der Waals surface area contributed by atoms with Gasteiger partial charge in [-0.2, -0.15) is 0 Å². The number of anilines is 2. The van der Waals surface area contributed by atoms with Gasteiger partial charge in [-0.25, -0.2) is 8.42 Å². The molecule has 2 aromatic carbocycles. The van der Waals surface area contributed by atoms with Crippen LogP contribution >= 0.6 is 0 Å². The second-order valence-corrected chi connectivity index (χ2v) is 9.15. The van der Waals surface area contributed by atoms with Gasteiger partial charge in [0.2, 0.25) is 10.0 Å². The highest BCUT2D eigenvalue weighted by molar-refractivity contribution is 7.91. The molecule has 1 unspecified atom stereocenters. The van der Waals surface area contributed by atoms with Gasteiger partial charge < -0.3 is 9.64 Å². The van der Waals surface area contributed by atoms with Crippen LogP contribution in [0.3, 0.4) is 0 Å². The highest BCUT2D eigenvalue weighted by Gasteiger charge is 2.32. The molecule has 0 radical (unpaired) electrons. The number of aryl methyl sites for hydroxylation is 1. The van der Waals surface area contributed by atoms with E-state index in [0.29, 0.717) is 25.3 Å². The zero-order chi connectivity index (χ0) is 19.7. The number of rotatable bonds is 5. The van der Waals surface area contributed by atoms with Gasteiger partial charge in [-0.15, -0.1) is 0 Å². The molecular weight excluding hydrogens is 376 g/mol. The number of nitrogens with zero attached hydrogens (tertiary/aromatic N) is 1. The van der Waals surface area contributed by atoms with E-state index in [4.69, 9.17) is 4.74 Å². The van der Waals surface area contributed by atoms with Crippen LogP contribution in [0.5, 0.6) is 0 Å². The largest absolute Gasteiger partial charge is 0.368 e. The predicted octanol–water partition coefficient (Wildman–Crippen LogP) is 3.01. The van der Waals surface area contributed by atoms with Crippen molar-refractivity contribution >= 4 is 27.3 Å². The third kappa shape index (κ3) is 4.05. The molecule has 0 aliphatic carbocycles. The minimum Gasteiger partial charge on any atom is -0.368 e. The van der Waals surface area contributed by atoms with Crippen molar-refractivity contribution in [1.29, 1.82) is 0 Å². The number of hydrogen-bond acceptors (Lipinski definition) is 4. The first-order chi connectivity index (χ1) is 13.4. The molecule has 148 valence electrons. The molecule has 2 heterocycles. The van der Waals surface area contributed by atoms with Gasteiger partial charge in [0.1, 0.15) is 6.10 Å². The molecule has 1 atom stereocenters. The van der Waals surface area contributed by atoms with E-state index < -0.39 is 10.0 Å². The first-order valence-corrected chi connectivity index (χ1v) is 11.2. The monoisotopic (exact) mass is 400 g/mol. The molecule has 1 saturated heterocycles. The Morgan fingerprint density at radius 2 is 2.00 bits per heavy atom. The first kappa shape index (κ1) is 19.0. The Bertz CT molecular complexity index is 980. The molecule has 1 N–H and O–H groups in total. The second-order valence-electron chi connectivity index (χ2n) is 7.43. The average Bonchev–Trinajstić information content (AvgIpc) is 3.32. The van der Waals surface area contributed by atoms with Crippen molar-refractivity contribution < 1.29 is 17.9 Å². The summed E-state index contributed by atoms with van der Waals surface area (Å²) in [5.41, 5.74) is 4.18. The number of carbonyl (C=O) groups is 1. The van der Waals surface area contributed by atoms with Crippen molar-refractivity contribution in [2.45, 2.75) is 38.0 Å². The molecule has 2 aromatic rings. The highest BCUT2D eigenvalue weighted by atomic mass is 32.2. The summed E-state index contributed by atoms with van der Waals surface area (Å²) in [4.78, 5) is 14.4. The summed E-state index contributed by atoms with van der Waals surface area (Å²) in [5, 5.41) is 0. The van der Waals surface area contributed by atoms with E-state index >= 15 is 0 Å². The minimum atomic E-state index is -3.51. The number of hydrogen-bond donors (Lipinski definition) is 1. The third-order valence-corrected chi connectivity index (χ3v) is 6.46. The SMILES string of the molecule is Cc1ccc(CS(=O)(=O)Nc2ccc3c(c2)CCN3C(=O)C2CCCO2)cc1. The average molecular weight is 401 g/mol. The molecule has 2 aliphatic rings. The number of benzene rings is 2. The van der Waals surface area contributed by atoms with E-state index in [9.17, 15) is 13.2 Å². The Balaban J connectivity index is 1.47. The Hall–Kier alpha value is -2.38. The van der Waals surface area contributed by atoms with Crippen LogP contribution in [-0.4, -0.2) is 33.6 Å². The van der Waals surface area contributed by atoms with Gasteiger partial charge >= 0.3 is 0 Å². The van der Waals surface area contributed by atoms with E-state index in [1.807, 2.05) is 43.3 Å². The Kier molecular flexibility index (Phi) is 5.12. The van der Waals surface area contributed by atoms with Crippen molar-refractivity contribution in [3.63, 3.8) is 0 Å². The summed E-state index contributed by atoms with van der Waals surface area (Å²) in [6, 6.07) is 12.8. The molecule has 7 heteroatoms. The summed E-state index contributed by atoms with van der Waals surface area (Å²) in [6.45, 7) is 3.21. The number of amides is 1. The minimum absolute atomic E-state index is 0.00366. The number of carbonyl (C=O) groups excluding carboxylic acids is 1. The Labute approximate surface area is 165 Å². The van der Waals surface area contributed by atoms with Gasteiger partial charge in [-0.3, -0.25) is 9.52 Å². The van der Waals surface area contributed by atoms with Crippen LogP contribution in [0.25, 0.3) is 0 Å². The maximum absolute atomic E-state index is 12.6. The highest BCUT2D eigenvalue weighted by Crippen LogP contribution is 2.32. The zero-order valence-corrected chi connectivity index (χ0v) is 16.7. The molecule has 0 spiro atoms. The Morgan fingerprint density at radius 3 is 2.71 bits per heavy atom. The number of fused-ring (bicyclic) bond motifs is 1. The molecule has 1 fully saturated rings. The molecule has 0 bridgehead atoms. The normalized spacial score (nSPS) is 18.9. The van der Waals surface area contributed by atoms with Crippen LogP contribution in [0.15, 0.2) is 42.5 Å². The smallest absolute Gasteiger partial charge is 0.256 e. The molecule has 2 aliphatic heterocycles. The fraction of sp³-hybridized carbons (Fsp3) is 0.381. The third-order valence-electron chi connectivity index (χ3n) is 5.20. The summed E-state index contributed by atoms with van der Waals surface area (Å²) in [5.74, 6) is -0.0717. The van der Waals surface area contributed by atoms with Crippen LogP contribution in [-0.2, 0) is 31.7 Å². The lowest BCUT2D eigenvalue weighted by Crippen LogP contribution is -2.37. The molecule has 28 heavy (non-hydrogen) atoms. The van der Waals surface area contributed by atoms with Gasteiger partial charge in [0.15, 0.2) is 0 Å². The fourth-order valence-electron chi connectivity index (χ4n) is 3.76. The molecule has 6 nitrogen and oxygen atoms in total. The van der Waals surface area contributed by atoms with Crippen LogP contribution in [0.4, 0.5) is 11.4 Å². The van der Waals surface area contributed by atoms with E-state index in [1.165, 1.54) is 0 Å². The fourth-order valence-corrected chi connectivity index (χ4v) is 4.95. The summed E-state index contributed by atoms with van der Waals surface area (Å²) in [7, 11) is -3.51. The van der Waals surface area contributed by atoms with E-state index in [2.05, 4.69) is 4.72 Å². The number of nitrogens with one attached hydrogen (secondary N) is 1. The van der Waals surface area contributed by atoms with Gasteiger partial charge in [-0.1, -0.05) is 29.8 Å². The van der Waals surface area contributed by atoms with Gasteiger partial charge in [-0.05, 0) is 55.5 Å². The van der Waals surface area contributed by atoms with E-state index in [1.54, 1.807) is 11.0 Å². The van der Waals surface area contributed by atoms with Crippen LogP contribution < -0.4 is 9.62 Å².